The number of alkyl halides is 3. The number of halogens is 5. The minimum absolute atomic E-state index is 0. The molecule has 45 heavy (non-hydrogen) atoms. The first-order chi connectivity index (χ1) is 20.7. The molecule has 2 aliphatic heterocycles. The van der Waals surface area contributed by atoms with Gasteiger partial charge >= 0.3 is 15.5 Å². The highest BCUT2D eigenvalue weighted by Crippen LogP contribution is 2.29. The molecule has 0 radical (unpaired) electrons. The minimum atomic E-state index is -5.76. The molecule has 1 atom stereocenters. The van der Waals surface area contributed by atoms with E-state index in [4.69, 9.17) is 11.6 Å². The van der Waals surface area contributed by atoms with Gasteiger partial charge in [0.25, 0.3) is 5.91 Å². The zero-order chi connectivity index (χ0) is 31.9. The van der Waals surface area contributed by atoms with Crippen LogP contribution in [0.3, 0.4) is 0 Å². The van der Waals surface area contributed by atoms with Crippen molar-refractivity contribution in [3.63, 3.8) is 0 Å². The molecular weight excluding hydrogens is 680 g/mol. The van der Waals surface area contributed by atoms with Gasteiger partial charge in [0.05, 0.1) is 17.5 Å². The van der Waals surface area contributed by atoms with Crippen molar-refractivity contribution >= 4 is 66.4 Å². The lowest BCUT2D eigenvalue weighted by molar-refractivity contribution is -0.164. The standard InChI is InChI=1S/C27H30ClF3N6O5S2.ClH/c1-34(22-8-12-35(13-9-22)23-6-10-32-11-7-23)37-24(16-33-44(41,42)27(29,30)31)17-36(18-26(37)38)43(39,40)25-5-3-19-14-21(28)4-2-20(19)15-25;/h2-7,10-11,14-15,22,24,33H,8-9,12-13,16-18H2,1H3;1H. The Hall–Kier alpha value is -2.73. The topological polar surface area (TPSA) is 123 Å². The van der Waals surface area contributed by atoms with Gasteiger partial charge in [-0.25, -0.2) is 26.6 Å². The smallest absolute Gasteiger partial charge is 0.371 e. The average molecular weight is 712 g/mol. The third-order valence-electron chi connectivity index (χ3n) is 7.91. The molecule has 2 aromatic carbocycles. The second kappa shape index (κ2) is 13.6. The van der Waals surface area contributed by atoms with Crippen LogP contribution in [-0.4, -0.2) is 99.4 Å². The van der Waals surface area contributed by atoms with E-state index in [1.807, 2.05) is 12.1 Å². The number of benzene rings is 2. The SMILES string of the molecule is CN(C1CCN(c2ccncc2)CC1)N1C(=O)CN(S(=O)(=O)c2ccc3cc(Cl)ccc3c2)CC1CNS(=O)(=O)C(F)(F)F.Cl. The summed E-state index contributed by atoms with van der Waals surface area (Å²) in [6.07, 6.45) is 4.54. The summed E-state index contributed by atoms with van der Waals surface area (Å²) in [5.74, 6) is -0.692. The van der Waals surface area contributed by atoms with E-state index >= 15 is 0 Å². The first-order valence-electron chi connectivity index (χ1n) is 13.6. The van der Waals surface area contributed by atoms with Crippen LogP contribution < -0.4 is 9.62 Å². The van der Waals surface area contributed by atoms with E-state index in [0.717, 1.165) is 9.99 Å². The number of rotatable bonds is 8. The van der Waals surface area contributed by atoms with Gasteiger partial charge in [0.15, 0.2) is 0 Å². The Balaban J connectivity index is 0.00000461. The van der Waals surface area contributed by atoms with Crippen molar-refractivity contribution in [3.05, 3.63) is 65.9 Å². The average Bonchev–Trinajstić information content (AvgIpc) is 2.99. The zero-order valence-corrected chi connectivity index (χ0v) is 27.1. The molecule has 0 bridgehead atoms. The number of piperazine rings is 1. The number of anilines is 1. The van der Waals surface area contributed by atoms with E-state index in [1.165, 1.54) is 21.9 Å². The highest BCUT2D eigenvalue weighted by Gasteiger charge is 2.48. The summed E-state index contributed by atoms with van der Waals surface area (Å²) in [6, 6.07) is 11.5. The summed E-state index contributed by atoms with van der Waals surface area (Å²) < 4.78 is 93.0. The molecule has 246 valence electrons. The number of fused-ring (bicyclic) bond motifs is 1. The number of nitrogens with zero attached hydrogens (tertiary/aromatic N) is 5. The van der Waals surface area contributed by atoms with Gasteiger partial charge in [-0.2, -0.15) is 17.5 Å². The number of amides is 1. The van der Waals surface area contributed by atoms with Gasteiger partial charge in [-0.3, -0.25) is 14.8 Å². The van der Waals surface area contributed by atoms with Gasteiger partial charge in [-0.1, -0.05) is 23.7 Å². The van der Waals surface area contributed by atoms with Gasteiger partial charge < -0.3 is 4.90 Å². The third kappa shape index (κ3) is 7.48. The van der Waals surface area contributed by atoms with Crippen LogP contribution in [0.4, 0.5) is 18.9 Å². The first-order valence-corrected chi connectivity index (χ1v) is 16.9. The molecule has 11 nitrogen and oxygen atoms in total. The van der Waals surface area contributed by atoms with E-state index in [2.05, 4.69) is 9.88 Å². The Labute approximate surface area is 270 Å². The number of hydrazine groups is 1. The highest BCUT2D eigenvalue weighted by molar-refractivity contribution is 7.90. The highest BCUT2D eigenvalue weighted by atomic mass is 35.5. The molecule has 1 N–H and O–H groups in total. The lowest BCUT2D eigenvalue weighted by Gasteiger charge is -2.48. The van der Waals surface area contributed by atoms with Crippen molar-refractivity contribution in [1.29, 1.82) is 0 Å². The molecule has 18 heteroatoms. The van der Waals surface area contributed by atoms with Gasteiger partial charge in [-0.15, -0.1) is 12.4 Å². The summed E-state index contributed by atoms with van der Waals surface area (Å²) in [6.45, 7) is -0.618. The lowest BCUT2D eigenvalue weighted by Crippen LogP contribution is -2.67. The number of hydrogen-bond donors (Lipinski definition) is 1. The molecule has 0 spiro atoms. The largest absolute Gasteiger partial charge is 0.511 e. The van der Waals surface area contributed by atoms with Gasteiger partial charge in [0.1, 0.15) is 0 Å². The lowest BCUT2D eigenvalue weighted by atomic mass is 10.0. The molecule has 2 saturated heterocycles. The molecule has 0 saturated carbocycles. The first kappa shape index (κ1) is 35.1. The van der Waals surface area contributed by atoms with Crippen molar-refractivity contribution < 1.29 is 34.8 Å². The molecule has 1 aromatic heterocycles. The van der Waals surface area contributed by atoms with Crippen LogP contribution in [0.1, 0.15) is 12.8 Å². The Morgan fingerprint density at radius 3 is 2.27 bits per heavy atom. The summed E-state index contributed by atoms with van der Waals surface area (Å²) in [4.78, 5) is 19.6. The van der Waals surface area contributed by atoms with Crippen molar-refractivity contribution in [2.75, 3.05) is 44.7 Å². The fourth-order valence-corrected chi connectivity index (χ4v) is 7.81. The van der Waals surface area contributed by atoms with Crippen LogP contribution in [0.25, 0.3) is 10.8 Å². The molecule has 3 aromatic rings. The fourth-order valence-electron chi connectivity index (χ4n) is 5.59. The monoisotopic (exact) mass is 710 g/mol. The number of carbonyl (C=O) groups excluding carboxylic acids is 1. The minimum Gasteiger partial charge on any atom is -0.371 e. The number of piperidine rings is 1. The van der Waals surface area contributed by atoms with E-state index in [9.17, 15) is 34.8 Å². The second-order valence-corrected chi connectivity index (χ2v) is 14.8. The van der Waals surface area contributed by atoms with Crippen molar-refractivity contribution in [3.8, 4) is 0 Å². The van der Waals surface area contributed by atoms with Gasteiger partial charge in [0, 0.05) is 62.4 Å². The molecule has 3 heterocycles. The summed E-state index contributed by atoms with van der Waals surface area (Å²) in [5, 5.41) is 4.52. The summed E-state index contributed by atoms with van der Waals surface area (Å²) in [5.41, 5.74) is -4.60. The number of carbonyl (C=O) groups is 1. The third-order valence-corrected chi connectivity index (χ3v) is 11.1. The van der Waals surface area contributed by atoms with Crippen LogP contribution in [0.15, 0.2) is 65.8 Å². The maximum absolute atomic E-state index is 13.7. The Bertz CT molecular complexity index is 1740. The van der Waals surface area contributed by atoms with Crippen LogP contribution in [0, 0.1) is 0 Å². The molecule has 1 unspecified atom stereocenters. The molecule has 0 aliphatic carbocycles. The summed E-state index contributed by atoms with van der Waals surface area (Å²) >= 11 is 6.03. The summed E-state index contributed by atoms with van der Waals surface area (Å²) in [7, 11) is -8.45. The predicted octanol–water partition coefficient (Wildman–Crippen LogP) is 3.47. The number of nitrogens with one attached hydrogen (secondary N) is 1. The van der Waals surface area contributed by atoms with E-state index < -0.39 is 57.1 Å². The van der Waals surface area contributed by atoms with Crippen molar-refractivity contribution in [2.45, 2.75) is 35.3 Å². The maximum atomic E-state index is 13.7. The van der Waals surface area contributed by atoms with Crippen molar-refractivity contribution in [1.82, 2.24) is 24.0 Å². The maximum Gasteiger partial charge on any atom is 0.511 e. The van der Waals surface area contributed by atoms with Crippen LogP contribution in [-0.2, 0) is 24.8 Å². The zero-order valence-electron chi connectivity index (χ0n) is 23.9. The van der Waals surface area contributed by atoms with E-state index in [1.54, 1.807) is 48.7 Å². The van der Waals surface area contributed by atoms with Crippen LogP contribution in [0.2, 0.25) is 5.02 Å². The van der Waals surface area contributed by atoms with Crippen LogP contribution in [0.5, 0.6) is 0 Å². The van der Waals surface area contributed by atoms with Gasteiger partial charge in [-0.05, 0) is 60.0 Å². The number of pyridine rings is 1. The molecule has 2 fully saturated rings. The molecule has 1 amide bonds. The second-order valence-electron chi connectivity index (χ2n) is 10.6. The number of sulfonamides is 2. The van der Waals surface area contributed by atoms with E-state index in [0.29, 0.717) is 41.7 Å². The van der Waals surface area contributed by atoms with E-state index in [-0.39, 0.29) is 23.3 Å². The number of aromatic nitrogens is 1. The molecule has 5 rings (SSSR count). The van der Waals surface area contributed by atoms with Gasteiger partial charge in [0.2, 0.25) is 10.0 Å². The Kier molecular flexibility index (Phi) is 10.6. The fraction of sp³-hybridized carbons (Fsp3) is 0.407. The quantitative estimate of drug-likeness (QED) is 0.377. The molecular formula is C27H31Cl2F3N6O5S2. The van der Waals surface area contributed by atoms with Crippen molar-refractivity contribution in [2.24, 2.45) is 0 Å². The molecule has 2 aliphatic rings. The predicted molar refractivity (Wildman–Crippen MR) is 166 cm³/mol. The Morgan fingerprint density at radius 2 is 1.62 bits per heavy atom. The normalized spacial score (nSPS) is 19.2. The van der Waals surface area contributed by atoms with Crippen LogP contribution >= 0.6 is 24.0 Å². The Morgan fingerprint density at radius 1 is 1.00 bits per heavy atom. The number of hydrogen-bond acceptors (Lipinski definition) is 8.